The van der Waals surface area contributed by atoms with Gasteiger partial charge in [0.05, 0.1) is 20.7 Å². The smallest absolute Gasteiger partial charge is 0.272 e. The quantitative estimate of drug-likeness (QED) is 0.180. The molecular weight excluding hydrogens is 600 g/mol. The second-order valence-electron chi connectivity index (χ2n) is 6.92. The molecule has 0 aliphatic heterocycles. The predicted octanol–water partition coefficient (Wildman–Crippen LogP) is 7.47. The van der Waals surface area contributed by atoms with Gasteiger partial charge in [-0.2, -0.15) is 5.10 Å². The first-order valence-corrected chi connectivity index (χ1v) is 12.1. The largest absolute Gasteiger partial charge is 0.487 e. The van der Waals surface area contributed by atoms with E-state index in [2.05, 4.69) is 82.6 Å². The zero-order valence-electron chi connectivity index (χ0n) is 16.7. The van der Waals surface area contributed by atoms with Gasteiger partial charge in [-0.25, -0.2) is 5.43 Å². The lowest BCUT2D eigenvalue weighted by atomic mass is 10.1. The highest BCUT2D eigenvalue weighted by Gasteiger charge is 2.11. The molecule has 4 rings (SSSR count). The lowest BCUT2D eigenvalue weighted by molar-refractivity contribution is 0.0954. The number of rotatable bonds is 6. The average Bonchev–Trinajstić information content (AvgIpc) is 2.79. The number of hydrogen-bond acceptors (Lipinski definition) is 3. The van der Waals surface area contributed by atoms with Crippen LogP contribution >= 0.6 is 47.8 Å². The minimum absolute atomic E-state index is 0.290. The van der Waals surface area contributed by atoms with E-state index in [4.69, 9.17) is 4.74 Å². The van der Waals surface area contributed by atoms with E-state index in [1.54, 1.807) is 18.3 Å². The normalized spacial score (nSPS) is 11.1. The van der Waals surface area contributed by atoms with Crippen molar-refractivity contribution in [2.45, 2.75) is 6.61 Å². The Bertz CT molecular complexity index is 1290. The molecule has 4 aromatic carbocycles. The van der Waals surface area contributed by atoms with Gasteiger partial charge in [-0.3, -0.25) is 4.79 Å². The summed E-state index contributed by atoms with van der Waals surface area (Å²) in [5.74, 6) is 0.411. The topological polar surface area (TPSA) is 50.7 Å². The lowest BCUT2D eigenvalue weighted by Crippen LogP contribution is -2.18. The standard InChI is InChI=1S/C25H17Br3N2O2/c26-21-11-4-3-10-20(21)25(31)30-29-14-16-12-22(27)24(23(28)13-16)32-15-18-8-5-7-17-6-1-2-9-19(17)18/h1-14H,15H2,(H,30,31)/b29-14-. The Morgan fingerprint density at radius 3 is 2.34 bits per heavy atom. The van der Waals surface area contributed by atoms with E-state index in [0.717, 1.165) is 20.1 Å². The van der Waals surface area contributed by atoms with Crippen LogP contribution in [0.2, 0.25) is 0 Å². The molecule has 4 nitrogen and oxygen atoms in total. The molecule has 7 heteroatoms. The van der Waals surface area contributed by atoms with Crippen LogP contribution in [0.4, 0.5) is 0 Å². The number of amides is 1. The van der Waals surface area contributed by atoms with Crippen LogP contribution in [0.5, 0.6) is 5.75 Å². The third-order valence-corrected chi connectivity index (χ3v) is 6.64. The van der Waals surface area contributed by atoms with Crippen molar-refractivity contribution in [3.05, 3.63) is 109 Å². The molecule has 0 heterocycles. The highest BCUT2D eigenvalue weighted by atomic mass is 79.9. The zero-order chi connectivity index (χ0) is 22.5. The fourth-order valence-corrected chi connectivity index (χ4v) is 5.15. The van der Waals surface area contributed by atoms with Gasteiger partial charge >= 0.3 is 0 Å². The third kappa shape index (κ3) is 5.28. The maximum absolute atomic E-state index is 12.3. The van der Waals surface area contributed by atoms with Crippen LogP contribution < -0.4 is 10.2 Å². The highest BCUT2D eigenvalue weighted by Crippen LogP contribution is 2.35. The summed E-state index contributed by atoms with van der Waals surface area (Å²) in [4.78, 5) is 12.3. The fourth-order valence-electron chi connectivity index (χ4n) is 3.23. The number of carbonyl (C=O) groups excluding carboxylic acids is 1. The molecule has 4 aromatic rings. The van der Waals surface area contributed by atoms with Gasteiger partial charge in [-0.05, 0) is 94.0 Å². The van der Waals surface area contributed by atoms with Crippen molar-refractivity contribution < 1.29 is 9.53 Å². The summed E-state index contributed by atoms with van der Waals surface area (Å²) in [5.41, 5.74) is 4.97. The molecule has 160 valence electrons. The summed E-state index contributed by atoms with van der Waals surface area (Å²) < 4.78 is 8.40. The lowest BCUT2D eigenvalue weighted by Gasteiger charge is -2.13. The Balaban J connectivity index is 1.45. The molecule has 0 saturated carbocycles. The Kier molecular flexibility index (Phi) is 7.40. The molecule has 0 bridgehead atoms. The molecule has 0 radical (unpaired) electrons. The number of carbonyl (C=O) groups is 1. The average molecular weight is 617 g/mol. The first kappa shape index (κ1) is 22.7. The third-order valence-electron chi connectivity index (χ3n) is 4.77. The van der Waals surface area contributed by atoms with E-state index in [1.807, 2.05) is 42.5 Å². The van der Waals surface area contributed by atoms with Gasteiger partial charge < -0.3 is 4.74 Å². The number of nitrogens with one attached hydrogen (secondary N) is 1. The summed E-state index contributed by atoms with van der Waals surface area (Å²) in [6.45, 7) is 0.438. The Hall–Kier alpha value is -2.48. The van der Waals surface area contributed by atoms with Crippen molar-refractivity contribution in [1.29, 1.82) is 0 Å². The first-order valence-electron chi connectivity index (χ1n) is 9.69. The predicted molar refractivity (Wildman–Crippen MR) is 139 cm³/mol. The van der Waals surface area contributed by atoms with Crippen LogP contribution in [0.25, 0.3) is 10.8 Å². The van der Waals surface area contributed by atoms with Crippen molar-refractivity contribution in [3.8, 4) is 5.75 Å². The zero-order valence-corrected chi connectivity index (χ0v) is 21.4. The number of fused-ring (bicyclic) bond motifs is 1. The van der Waals surface area contributed by atoms with E-state index >= 15 is 0 Å². The van der Waals surface area contributed by atoms with Crippen molar-refractivity contribution in [2.24, 2.45) is 5.10 Å². The van der Waals surface area contributed by atoms with Gasteiger partial charge in [0.1, 0.15) is 12.4 Å². The first-order chi connectivity index (χ1) is 15.5. The molecule has 0 spiro atoms. The maximum Gasteiger partial charge on any atom is 0.272 e. The Labute approximate surface area is 211 Å². The molecule has 0 unspecified atom stereocenters. The van der Waals surface area contributed by atoms with Gasteiger partial charge in [0.15, 0.2) is 0 Å². The molecule has 32 heavy (non-hydrogen) atoms. The Morgan fingerprint density at radius 2 is 1.56 bits per heavy atom. The fraction of sp³-hybridized carbons (Fsp3) is 0.0400. The molecule has 0 fully saturated rings. The number of halogens is 3. The minimum atomic E-state index is -0.290. The van der Waals surface area contributed by atoms with Crippen molar-refractivity contribution >= 4 is 70.7 Å². The van der Waals surface area contributed by atoms with Crippen LogP contribution in [0.15, 0.2) is 97.4 Å². The molecule has 0 atom stereocenters. The maximum atomic E-state index is 12.3. The van der Waals surface area contributed by atoms with Crippen LogP contribution in [-0.2, 0) is 6.61 Å². The number of benzene rings is 4. The van der Waals surface area contributed by atoms with Crippen LogP contribution in [0.3, 0.4) is 0 Å². The van der Waals surface area contributed by atoms with E-state index in [1.165, 1.54) is 10.8 Å². The number of hydrazone groups is 1. The summed E-state index contributed by atoms with van der Waals surface area (Å²) in [7, 11) is 0. The van der Waals surface area contributed by atoms with E-state index < -0.39 is 0 Å². The van der Waals surface area contributed by atoms with Gasteiger partial charge in [-0.1, -0.05) is 54.6 Å². The summed E-state index contributed by atoms with van der Waals surface area (Å²) in [6, 6.07) is 25.4. The van der Waals surface area contributed by atoms with Crippen LogP contribution in [-0.4, -0.2) is 12.1 Å². The molecule has 0 aromatic heterocycles. The molecule has 1 N–H and O–H groups in total. The SMILES string of the molecule is O=C(N/N=C\c1cc(Br)c(OCc2cccc3ccccc23)c(Br)c1)c1ccccc1Br. The van der Waals surface area contributed by atoms with Crippen molar-refractivity contribution in [2.75, 3.05) is 0 Å². The van der Waals surface area contributed by atoms with E-state index in [9.17, 15) is 4.79 Å². The molecular formula is C25H17Br3N2O2. The Morgan fingerprint density at radius 1 is 0.875 bits per heavy atom. The van der Waals surface area contributed by atoms with Crippen molar-refractivity contribution in [3.63, 3.8) is 0 Å². The number of ether oxygens (including phenoxy) is 1. The second kappa shape index (κ2) is 10.4. The van der Waals surface area contributed by atoms with E-state index in [-0.39, 0.29) is 5.91 Å². The molecule has 1 amide bonds. The summed E-state index contributed by atoms with van der Waals surface area (Å²) in [6.07, 6.45) is 1.58. The van der Waals surface area contributed by atoms with Crippen LogP contribution in [0.1, 0.15) is 21.5 Å². The van der Waals surface area contributed by atoms with Gasteiger partial charge in [0.25, 0.3) is 5.91 Å². The summed E-state index contributed by atoms with van der Waals surface area (Å²) in [5, 5.41) is 6.43. The van der Waals surface area contributed by atoms with Gasteiger partial charge in [0, 0.05) is 4.47 Å². The molecule has 0 saturated heterocycles. The number of nitrogens with zero attached hydrogens (tertiary/aromatic N) is 1. The second-order valence-corrected chi connectivity index (χ2v) is 9.48. The van der Waals surface area contributed by atoms with Crippen molar-refractivity contribution in [1.82, 2.24) is 5.43 Å². The summed E-state index contributed by atoms with van der Waals surface area (Å²) >= 11 is 10.5. The van der Waals surface area contributed by atoms with Crippen LogP contribution in [0, 0.1) is 0 Å². The molecule has 0 aliphatic rings. The number of hydrogen-bond donors (Lipinski definition) is 1. The molecule has 0 aliphatic carbocycles. The monoisotopic (exact) mass is 614 g/mol. The van der Waals surface area contributed by atoms with Gasteiger partial charge in [0.2, 0.25) is 0 Å². The minimum Gasteiger partial charge on any atom is -0.487 e. The highest BCUT2D eigenvalue weighted by molar-refractivity contribution is 9.11. The van der Waals surface area contributed by atoms with E-state index in [0.29, 0.717) is 22.4 Å². The van der Waals surface area contributed by atoms with Gasteiger partial charge in [-0.15, -0.1) is 0 Å².